The highest BCUT2D eigenvalue weighted by atomic mass is 35.5. The molecule has 0 aliphatic carbocycles. The molecular weight excluding hydrogens is 320 g/mol. The van der Waals surface area contributed by atoms with Crippen LogP contribution in [0.1, 0.15) is 51.2 Å². The highest BCUT2D eigenvalue weighted by Gasteiger charge is 2.26. The maximum atomic E-state index is 12.5. The van der Waals surface area contributed by atoms with Crippen LogP contribution in [0.4, 0.5) is 0 Å². The van der Waals surface area contributed by atoms with E-state index < -0.39 is 0 Å². The lowest BCUT2D eigenvalue weighted by Crippen LogP contribution is -2.46. The number of rotatable bonds is 6. The minimum absolute atomic E-state index is 0. The first-order chi connectivity index (χ1) is 10.9. The molecule has 1 heterocycles. The summed E-state index contributed by atoms with van der Waals surface area (Å²) in [6, 6.07) is 8.41. The number of carbonyl (C=O) groups is 1. The average molecular weight is 353 g/mol. The van der Waals surface area contributed by atoms with Crippen LogP contribution in [0.5, 0.6) is 0 Å². The largest absolute Gasteiger partial charge is 0.351 e. The van der Waals surface area contributed by atoms with E-state index in [1.165, 1.54) is 24.0 Å². The summed E-state index contributed by atoms with van der Waals surface area (Å²) >= 11 is 0. The van der Waals surface area contributed by atoms with Crippen LogP contribution in [0, 0.1) is 18.8 Å². The Morgan fingerprint density at radius 3 is 2.54 bits per heavy atom. The Bertz CT molecular complexity index is 524. The van der Waals surface area contributed by atoms with Crippen molar-refractivity contribution in [3.63, 3.8) is 0 Å². The molecule has 1 aliphatic rings. The second-order valence-electron chi connectivity index (χ2n) is 7.80. The van der Waals surface area contributed by atoms with Crippen molar-refractivity contribution in [2.75, 3.05) is 13.1 Å². The normalized spacial score (nSPS) is 17.0. The summed E-state index contributed by atoms with van der Waals surface area (Å²) in [7, 11) is 0. The van der Waals surface area contributed by atoms with Gasteiger partial charge in [-0.3, -0.25) is 4.79 Å². The van der Waals surface area contributed by atoms with Gasteiger partial charge >= 0.3 is 0 Å². The SMILES string of the molecule is Cc1ccccc1CC(C)(C)NC(=O)CC(C)C1CCNCC1.Cl. The van der Waals surface area contributed by atoms with Gasteiger partial charge in [-0.2, -0.15) is 0 Å². The van der Waals surface area contributed by atoms with E-state index in [4.69, 9.17) is 0 Å². The molecule has 136 valence electrons. The number of piperidine rings is 1. The van der Waals surface area contributed by atoms with Crippen molar-refractivity contribution in [3.8, 4) is 0 Å². The van der Waals surface area contributed by atoms with Crippen molar-refractivity contribution in [2.45, 2.75) is 58.9 Å². The molecule has 1 aromatic carbocycles. The van der Waals surface area contributed by atoms with Gasteiger partial charge in [-0.05, 0) is 76.1 Å². The highest BCUT2D eigenvalue weighted by Crippen LogP contribution is 2.25. The summed E-state index contributed by atoms with van der Waals surface area (Å²) < 4.78 is 0. The van der Waals surface area contributed by atoms with Crippen molar-refractivity contribution < 1.29 is 4.79 Å². The lowest BCUT2D eigenvalue weighted by Gasteiger charge is -2.31. The molecule has 1 aromatic rings. The van der Waals surface area contributed by atoms with E-state index in [1.807, 2.05) is 0 Å². The zero-order chi connectivity index (χ0) is 16.9. The third kappa shape index (κ3) is 6.45. The van der Waals surface area contributed by atoms with E-state index in [9.17, 15) is 4.79 Å². The number of aryl methyl sites for hydroxylation is 1. The van der Waals surface area contributed by atoms with Gasteiger partial charge in [-0.25, -0.2) is 0 Å². The number of hydrogen-bond acceptors (Lipinski definition) is 2. The van der Waals surface area contributed by atoms with E-state index in [0.717, 1.165) is 19.5 Å². The van der Waals surface area contributed by atoms with Gasteiger partial charge in [-0.1, -0.05) is 31.2 Å². The minimum Gasteiger partial charge on any atom is -0.351 e. The van der Waals surface area contributed by atoms with Crippen LogP contribution in [0.3, 0.4) is 0 Å². The Morgan fingerprint density at radius 1 is 1.29 bits per heavy atom. The van der Waals surface area contributed by atoms with Crippen LogP contribution in [-0.2, 0) is 11.2 Å². The number of carbonyl (C=O) groups excluding carboxylic acids is 1. The first-order valence-corrected chi connectivity index (χ1v) is 8.93. The fourth-order valence-corrected chi connectivity index (χ4v) is 3.63. The van der Waals surface area contributed by atoms with Crippen LogP contribution in [0.15, 0.2) is 24.3 Å². The zero-order valence-corrected chi connectivity index (χ0v) is 16.3. The van der Waals surface area contributed by atoms with E-state index in [-0.39, 0.29) is 23.9 Å². The fraction of sp³-hybridized carbons (Fsp3) is 0.650. The molecule has 0 aromatic heterocycles. The van der Waals surface area contributed by atoms with Gasteiger partial charge in [0, 0.05) is 12.0 Å². The second kappa shape index (κ2) is 9.43. The van der Waals surface area contributed by atoms with Crippen LogP contribution in [-0.4, -0.2) is 24.5 Å². The summed E-state index contributed by atoms with van der Waals surface area (Å²) in [5.74, 6) is 1.34. The molecule has 1 amide bonds. The van der Waals surface area contributed by atoms with Crippen molar-refractivity contribution in [1.82, 2.24) is 10.6 Å². The minimum atomic E-state index is -0.211. The summed E-state index contributed by atoms with van der Waals surface area (Å²) in [6.07, 6.45) is 3.90. The molecule has 0 spiro atoms. The predicted octanol–water partition coefficient (Wildman–Crippen LogP) is 3.88. The van der Waals surface area contributed by atoms with Gasteiger partial charge in [0.05, 0.1) is 0 Å². The van der Waals surface area contributed by atoms with E-state index in [1.54, 1.807) is 0 Å². The molecule has 1 fully saturated rings. The Morgan fingerprint density at radius 2 is 1.92 bits per heavy atom. The fourth-order valence-electron chi connectivity index (χ4n) is 3.63. The average Bonchev–Trinajstić information content (AvgIpc) is 2.49. The number of hydrogen-bond donors (Lipinski definition) is 2. The Kier molecular flexibility index (Phi) is 8.24. The van der Waals surface area contributed by atoms with Gasteiger partial charge < -0.3 is 10.6 Å². The third-order valence-electron chi connectivity index (χ3n) is 5.07. The molecule has 1 saturated heterocycles. The van der Waals surface area contributed by atoms with Crippen molar-refractivity contribution in [1.29, 1.82) is 0 Å². The van der Waals surface area contributed by atoms with Crippen molar-refractivity contribution in [2.24, 2.45) is 11.8 Å². The second-order valence-corrected chi connectivity index (χ2v) is 7.80. The number of nitrogens with one attached hydrogen (secondary N) is 2. The van der Waals surface area contributed by atoms with Gasteiger partial charge in [0.1, 0.15) is 0 Å². The number of benzene rings is 1. The molecule has 1 unspecified atom stereocenters. The number of amides is 1. The summed E-state index contributed by atoms with van der Waals surface area (Å²) in [4.78, 5) is 12.5. The van der Waals surface area contributed by atoms with E-state index >= 15 is 0 Å². The van der Waals surface area contributed by atoms with Gasteiger partial charge in [0.2, 0.25) is 5.91 Å². The first kappa shape index (κ1) is 21.0. The van der Waals surface area contributed by atoms with E-state index in [2.05, 4.69) is 62.6 Å². The monoisotopic (exact) mass is 352 g/mol. The Labute approximate surface area is 153 Å². The molecule has 3 nitrogen and oxygen atoms in total. The van der Waals surface area contributed by atoms with Crippen LogP contribution < -0.4 is 10.6 Å². The molecule has 2 N–H and O–H groups in total. The zero-order valence-electron chi connectivity index (χ0n) is 15.5. The van der Waals surface area contributed by atoms with Crippen LogP contribution >= 0.6 is 12.4 Å². The van der Waals surface area contributed by atoms with Crippen LogP contribution in [0.2, 0.25) is 0 Å². The quantitative estimate of drug-likeness (QED) is 0.815. The molecule has 0 bridgehead atoms. The topological polar surface area (TPSA) is 41.1 Å². The van der Waals surface area contributed by atoms with Gasteiger partial charge in [-0.15, -0.1) is 12.4 Å². The van der Waals surface area contributed by atoms with Gasteiger partial charge in [0.15, 0.2) is 0 Å². The molecule has 0 radical (unpaired) electrons. The first-order valence-electron chi connectivity index (χ1n) is 8.93. The van der Waals surface area contributed by atoms with Crippen molar-refractivity contribution >= 4 is 18.3 Å². The Hall–Kier alpha value is -1.06. The number of halogens is 1. The maximum absolute atomic E-state index is 12.5. The lowest BCUT2D eigenvalue weighted by atomic mass is 9.83. The summed E-state index contributed by atoms with van der Waals surface area (Å²) in [5, 5.41) is 6.64. The molecule has 24 heavy (non-hydrogen) atoms. The van der Waals surface area contributed by atoms with Gasteiger partial charge in [0.25, 0.3) is 0 Å². The maximum Gasteiger partial charge on any atom is 0.220 e. The summed E-state index contributed by atoms with van der Waals surface area (Å²) in [5.41, 5.74) is 2.39. The molecule has 1 atom stereocenters. The molecule has 2 rings (SSSR count). The predicted molar refractivity (Wildman–Crippen MR) is 104 cm³/mol. The molecular formula is C20H33ClN2O. The standard InChI is InChI=1S/C20H32N2O.ClH/c1-15-7-5-6-8-18(15)14-20(3,4)22-19(23)13-16(2)17-9-11-21-12-10-17;/h5-8,16-17,21H,9-14H2,1-4H3,(H,22,23);1H. The molecule has 1 aliphatic heterocycles. The highest BCUT2D eigenvalue weighted by molar-refractivity contribution is 5.85. The smallest absolute Gasteiger partial charge is 0.220 e. The molecule has 4 heteroatoms. The Balaban J connectivity index is 0.00000288. The molecule has 0 saturated carbocycles. The van der Waals surface area contributed by atoms with Crippen molar-refractivity contribution in [3.05, 3.63) is 35.4 Å². The lowest BCUT2D eigenvalue weighted by molar-refractivity contribution is -0.123. The van der Waals surface area contributed by atoms with E-state index in [0.29, 0.717) is 18.3 Å². The van der Waals surface area contributed by atoms with Crippen LogP contribution in [0.25, 0.3) is 0 Å². The summed E-state index contributed by atoms with van der Waals surface area (Å²) in [6.45, 7) is 10.8. The third-order valence-corrected chi connectivity index (χ3v) is 5.07.